The van der Waals surface area contributed by atoms with Crippen LogP contribution in [0.3, 0.4) is 0 Å². The average Bonchev–Trinajstić information content (AvgIpc) is 2.31. The smallest absolute Gasteiger partial charge is 0.305 e. The number of halogens is 2. The van der Waals surface area contributed by atoms with Crippen LogP contribution in [0.5, 0.6) is 0 Å². The first kappa shape index (κ1) is 14.7. The van der Waals surface area contributed by atoms with Gasteiger partial charge < -0.3 is 4.74 Å². The number of carbonyl (C=O) groups excluding carboxylic acids is 1. The van der Waals surface area contributed by atoms with Crippen molar-refractivity contribution < 1.29 is 13.9 Å². The molecule has 0 spiro atoms. The van der Waals surface area contributed by atoms with E-state index in [0.717, 1.165) is 0 Å². The van der Waals surface area contributed by atoms with Crippen LogP contribution >= 0.6 is 15.9 Å². The molecule has 5 heteroatoms. The maximum absolute atomic E-state index is 13.9. The van der Waals surface area contributed by atoms with Gasteiger partial charge in [-0.25, -0.2) is 4.39 Å². The van der Waals surface area contributed by atoms with Gasteiger partial charge in [-0.3, -0.25) is 4.79 Å². The van der Waals surface area contributed by atoms with Crippen molar-refractivity contribution >= 4 is 21.9 Å². The van der Waals surface area contributed by atoms with E-state index < -0.39 is 17.7 Å². The maximum atomic E-state index is 13.9. The molecule has 3 nitrogen and oxygen atoms in total. The van der Waals surface area contributed by atoms with Gasteiger partial charge in [-0.1, -0.05) is 15.9 Å². The molecule has 1 aromatic carbocycles. The molecule has 1 rings (SSSR count). The van der Waals surface area contributed by atoms with Gasteiger partial charge in [0.2, 0.25) is 0 Å². The number of ether oxygens (including phenoxy) is 1. The predicted octanol–water partition coefficient (Wildman–Crippen LogP) is 3.46. The molecule has 0 saturated carbocycles. The lowest BCUT2D eigenvalue weighted by Crippen LogP contribution is -2.07. The maximum Gasteiger partial charge on any atom is 0.305 e. The van der Waals surface area contributed by atoms with E-state index in [1.807, 2.05) is 6.07 Å². The average molecular weight is 314 g/mol. The number of nitriles is 1. The molecule has 0 heterocycles. The van der Waals surface area contributed by atoms with Crippen molar-refractivity contribution in [3.8, 4) is 6.07 Å². The third-order valence-electron chi connectivity index (χ3n) is 2.67. The second kappa shape index (κ2) is 6.50. The van der Waals surface area contributed by atoms with Gasteiger partial charge in [0.15, 0.2) is 0 Å². The molecule has 0 radical (unpaired) electrons. The molecule has 0 bridgehead atoms. The molecule has 0 fully saturated rings. The minimum atomic E-state index is -0.641. The monoisotopic (exact) mass is 313 g/mol. The Morgan fingerprint density at radius 3 is 2.78 bits per heavy atom. The van der Waals surface area contributed by atoms with Crippen LogP contribution in [0.15, 0.2) is 16.6 Å². The largest absolute Gasteiger partial charge is 0.469 e. The Kier molecular flexibility index (Phi) is 5.29. The zero-order valence-corrected chi connectivity index (χ0v) is 11.8. The van der Waals surface area contributed by atoms with E-state index in [1.54, 1.807) is 13.0 Å². The van der Waals surface area contributed by atoms with E-state index in [-0.39, 0.29) is 12.8 Å². The van der Waals surface area contributed by atoms with E-state index >= 15 is 0 Å². The molecular weight excluding hydrogens is 301 g/mol. The lowest BCUT2D eigenvalue weighted by atomic mass is 9.91. The van der Waals surface area contributed by atoms with Crippen LogP contribution in [-0.4, -0.2) is 13.1 Å². The van der Waals surface area contributed by atoms with Crippen LogP contribution in [-0.2, 0) is 9.53 Å². The molecule has 0 aromatic heterocycles. The molecule has 0 amide bonds. The first-order valence-electron chi connectivity index (χ1n) is 5.41. The summed E-state index contributed by atoms with van der Waals surface area (Å²) in [4.78, 5) is 11.1. The van der Waals surface area contributed by atoms with Crippen LogP contribution in [0, 0.1) is 24.1 Å². The summed E-state index contributed by atoms with van der Waals surface area (Å²) in [5.41, 5.74) is 1.04. The van der Waals surface area contributed by atoms with Crippen LogP contribution in [0.4, 0.5) is 4.39 Å². The lowest BCUT2D eigenvalue weighted by Gasteiger charge is -2.13. The number of carbonyl (C=O) groups is 1. The van der Waals surface area contributed by atoms with E-state index in [0.29, 0.717) is 15.6 Å². The minimum Gasteiger partial charge on any atom is -0.469 e. The number of methoxy groups -OCH3 is 1. The van der Waals surface area contributed by atoms with Gasteiger partial charge in [0.1, 0.15) is 5.82 Å². The Labute approximate surface area is 114 Å². The van der Waals surface area contributed by atoms with Crippen LogP contribution in [0.1, 0.15) is 29.9 Å². The zero-order valence-electron chi connectivity index (χ0n) is 10.2. The molecule has 1 aromatic rings. The fourth-order valence-corrected chi connectivity index (χ4v) is 2.34. The molecular formula is C13H13BrFNO2. The van der Waals surface area contributed by atoms with Gasteiger partial charge in [0.25, 0.3) is 0 Å². The minimum absolute atomic E-state index is 0.101. The van der Waals surface area contributed by atoms with E-state index in [9.17, 15) is 9.18 Å². The number of aryl methyl sites for hydroxylation is 1. The van der Waals surface area contributed by atoms with Crippen molar-refractivity contribution in [3.05, 3.63) is 33.5 Å². The third-order valence-corrected chi connectivity index (χ3v) is 3.13. The first-order chi connectivity index (χ1) is 8.49. The summed E-state index contributed by atoms with van der Waals surface area (Å²) >= 11 is 3.19. The van der Waals surface area contributed by atoms with Crippen molar-refractivity contribution in [1.82, 2.24) is 0 Å². The molecule has 0 aliphatic heterocycles. The normalized spacial score (nSPS) is 11.7. The standard InChI is InChI=1S/C13H13BrFNO2/c1-8-5-10(14)6-11(15)13(8)9(7-16)3-4-12(17)18-2/h5-6,9H,3-4H2,1-2H3. The quantitative estimate of drug-likeness (QED) is 0.800. The Morgan fingerprint density at radius 2 is 2.28 bits per heavy atom. The fourth-order valence-electron chi connectivity index (χ4n) is 1.79. The summed E-state index contributed by atoms with van der Waals surface area (Å²) in [7, 11) is 1.29. The van der Waals surface area contributed by atoms with Crippen molar-refractivity contribution in [2.75, 3.05) is 7.11 Å². The summed E-state index contributed by atoms with van der Waals surface area (Å²) in [5, 5.41) is 9.10. The molecule has 0 N–H and O–H groups in total. The predicted molar refractivity (Wildman–Crippen MR) is 68.4 cm³/mol. The zero-order chi connectivity index (χ0) is 13.7. The van der Waals surface area contributed by atoms with Gasteiger partial charge in [-0.15, -0.1) is 0 Å². The summed E-state index contributed by atoms with van der Waals surface area (Å²) in [6, 6.07) is 5.11. The molecule has 96 valence electrons. The van der Waals surface area contributed by atoms with E-state index in [4.69, 9.17) is 5.26 Å². The first-order valence-corrected chi connectivity index (χ1v) is 6.20. The third kappa shape index (κ3) is 3.54. The van der Waals surface area contributed by atoms with Crippen LogP contribution in [0.25, 0.3) is 0 Å². The summed E-state index contributed by atoms with van der Waals surface area (Å²) < 4.78 is 19.0. The highest BCUT2D eigenvalue weighted by molar-refractivity contribution is 9.10. The lowest BCUT2D eigenvalue weighted by molar-refractivity contribution is -0.140. The highest BCUT2D eigenvalue weighted by Gasteiger charge is 2.19. The highest BCUT2D eigenvalue weighted by Crippen LogP contribution is 2.29. The van der Waals surface area contributed by atoms with E-state index in [2.05, 4.69) is 20.7 Å². The summed E-state index contributed by atoms with van der Waals surface area (Å²) in [6.45, 7) is 1.74. The van der Waals surface area contributed by atoms with Crippen LogP contribution < -0.4 is 0 Å². The molecule has 1 atom stereocenters. The van der Waals surface area contributed by atoms with Gasteiger partial charge in [-0.2, -0.15) is 5.26 Å². The highest BCUT2D eigenvalue weighted by atomic mass is 79.9. The second-order valence-electron chi connectivity index (χ2n) is 3.91. The van der Waals surface area contributed by atoms with Crippen molar-refractivity contribution in [2.24, 2.45) is 0 Å². The molecule has 0 saturated heterocycles. The van der Waals surface area contributed by atoms with Gasteiger partial charge in [0, 0.05) is 16.5 Å². The van der Waals surface area contributed by atoms with Crippen molar-refractivity contribution in [1.29, 1.82) is 5.26 Å². The molecule has 18 heavy (non-hydrogen) atoms. The second-order valence-corrected chi connectivity index (χ2v) is 4.83. The van der Waals surface area contributed by atoms with Gasteiger partial charge in [0.05, 0.1) is 19.1 Å². The number of esters is 1. The number of rotatable bonds is 4. The van der Waals surface area contributed by atoms with Crippen molar-refractivity contribution in [3.63, 3.8) is 0 Å². The van der Waals surface area contributed by atoms with E-state index in [1.165, 1.54) is 13.2 Å². The fraction of sp³-hybridized carbons (Fsp3) is 0.385. The number of hydrogen-bond acceptors (Lipinski definition) is 3. The molecule has 1 unspecified atom stereocenters. The van der Waals surface area contributed by atoms with Crippen LogP contribution in [0.2, 0.25) is 0 Å². The van der Waals surface area contributed by atoms with Gasteiger partial charge in [-0.05, 0) is 31.0 Å². The number of benzene rings is 1. The summed E-state index contributed by atoms with van der Waals surface area (Å²) in [6.07, 6.45) is 0.353. The Morgan fingerprint density at radius 1 is 1.61 bits per heavy atom. The van der Waals surface area contributed by atoms with Gasteiger partial charge >= 0.3 is 5.97 Å². The topological polar surface area (TPSA) is 50.1 Å². The Balaban J connectivity index is 2.96. The number of hydrogen-bond donors (Lipinski definition) is 0. The molecule has 0 aliphatic carbocycles. The molecule has 0 aliphatic rings. The Hall–Kier alpha value is -1.41. The number of nitrogens with zero attached hydrogens (tertiary/aromatic N) is 1. The summed E-state index contributed by atoms with van der Waals surface area (Å²) in [5.74, 6) is -1.47. The SMILES string of the molecule is COC(=O)CCC(C#N)c1c(C)cc(Br)cc1F. The Bertz CT molecular complexity index is 473. The van der Waals surface area contributed by atoms with Crippen molar-refractivity contribution in [2.45, 2.75) is 25.7 Å².